The number of hydrogen-bond acceptors (Lipinski definition) is 6. The lowest BCUT2D eigenvalue weighted by Gasteiger charge is -2.35. The lowest BCUT2D eigenvalue weighted by molar-refractivity contribution is -0.141. The average molecular weight is 366 g/mol. The Bertz CT molecular complexity index is 769. The van der Waals surface area contributed by atoms with Crippen LogP contribution in [-0.4, -0.2) is 46.1 Å². The third-order valence-corrected chi connectivity index (χ3v) is 4.19. The summed E-state index contributed by atoms with van der Waals surface area (Å²) in [7, 11) is 0. The van der Waals surface area contributed by atoms with Crippen molar-refractivity contribution < 1.29 is 13.2 Å². The van der Waals surface area contributed by atoms with E-state index < -0.39 is 11.9 Å². The topological polar surface area (TPSA) is 58.0 Å². The Morgan fingerprint density at radius 2 is 1.65 bits per heavy atom. The molecule has 0 aliphatic carbocycles. The highest BCUT2D eigenvalue weighted by Gasteiger charge is 2.33. The molecule has 0 radical (unpaired) electrons. The normalized spacial score (nSPS) is 15.7. The predicted octanol–water partition coefficient (Wildman–Crippen LogP) is 3.04. The summed E-state index contributed by atoms with van der Waals surface area (Å²) in [6, 6.07) is 2.82. The molecule has 3 rings (SSSR count). The number of hydrogen-bond donors (Lipinski definition) is 0. The molecule has 1 saturated heterocycles. The van der Waals surface area contributed by atoms with E-state index in [9.17, 15) is 13.2 Å². The van der Waals surface area contributed by atoms with Crippen LogP contribution in [0.5, 0.6) is 0 Å². The Morgan fingerprint density at radius 1 is 1.00 bits per heavy atom. The summed E-state index contributed by atoms with van der Waals surface area (Å²) < 4.78 is 38.5. The van der Waals surface area contributed by atoms with Crippen LogP contribution in [0.4, 0.5) is 24.9 Å². The number of piperazine rings is 1. The van der Waals surface area contributed by atoms with Gasteiger partial charge in [-0.15, -0.1) is 0 Å². The third kappa shape index (κ3) is 4.03. The van der Waals surface area contributed by atoms with Gasteiger partial charge in [-0.1, -0.05) is 13.8 Å². The van der Waals surface area contributed by atoms with Gasteiger partial charge < -0.3 is 9.80 Å². The van der Waals surface area contributed by atoms with Gasteiger partial charge in [-0.2, -0.15) is 13.2 Å². The van der Waals surface area contributed by atoms with Gasteiger partial charge in [0.15, 0.2) is 0 Å². The monoisotopic (exact) mass is 366 g/mol. The maximum absolute atomic E-state index is 12.8. The highest BCUT2D eigenvalue weighted by molar-refractivity contribution is 5.43. The number of aryl methyl sites for hydroxylation is 1. The van der Waals surface area contributed by atoms with Crippen molar-refractivity contribution in [2.75, 3.05) is 36.0 Å². The molecule has 0 spiro atoms. The van der Waals surface area contributed by atoms with E-state index in [1.54, 1.807) is 4.90 Å². The maximum atomic E-state index is 12.8. The van der Waals surface area contributed by atoms with Crippen LogP contribution in [0, 0.1) is 6.92 Å². The molecule has 26 heavy (non-hydrogen) atoms. The molecule has 0 bridgehead atoms. The number of anilines is 2. The predicted molar refractivity (Wildman–Crippen MR) is 92.3 cm³/mol. The Kier molecular flexibility index (Phi) is 4.97. The van der Waals surface area contributed by atoms with E-state index in [1.807, 2.05) is 26.8 Å². The van der Waals surface area contributed by atoms with E-state index in [4.69, 9.17) is 0 Å². The summed E-state index contributed by atoms with van der Waals surface area (Å²) in [5.74, 6) is 1.99. The van der Waals surface area contributed by atoms with Crippen LogP contribution in [0.1, 0.15) is 37.0 Å². The standard InChI is InChI=1S/C17H21F3N6/c1-11(2)15-22-12(3)10-14(24-15)25-6-8-26(9-7-25)16-21-5-4-13(23-16)17(18,19)20/h4-5,10-11H,6-9H2,1-3H3. The maximum Gasteiger partial charge on any atom is 0.433 e. The Morgan fingerprint density at radius 3 is 2.27 bits per heavy atom. The highest BCUT2D eigenvalue weighted by Crippen LogP contribution is 2.28. The van der Waals surface area contributed by atoms with Gasteiger partial charge in [0.1, 0.15) is 17.3 Å². The van der Waals surface area contributed by atoms with Gasteiger partial charge >= 0.3 is 6.18 Å². The number of rotatable bonds is 3. The molecule has 0 saturated carbocycles. The summed E-state index contributed by atoms with van der Waals surface area (Å²) in [5, 5.41) is 0. The second-order valence-electron chi connectivity index (χ2n) is 6.59. The third-order valence-electron chi connectivity index (χ3n) is 4.19. The quantitative estimate of drug-likeness (QED) is 0.832. The second-order valence-corrected chi connectivity index (χ2v) is 6.59. The van der Waals surface area contributed by atoms with Gasteiger partial charge in [0.05, 0.1) is 0 Å². The molecule has 1 aliphatic rings. The van der Waals surface area contributed by atoms with E-state index in [1.165, 1.54) is 0 Å². The summed E-state index contributed by atoms with van der Waals surface area (Å²) in [5.41, 5.74) is -0.0136. The SMILES string of the molecule is Cc1cc(N2CCN(c3nccc(C(F)(F)F)n3)CC2)nc(C(C)C)n1. The first-order valence-electron chi connectivity index (χ1n) is 8.50. The molecule has 140 valence electrons. The zero-order valence-corrected chi connectivity index (χ0v) is 15.0. The van der Waals surface area contributed by atoms with Gasteiger partial charge in [-0.25, -0.2) is 19.9 Å². The van der Waals surface area contributed by atoms with Crippen molar-refractivity contribution in [2.45, 2.75) is 32.9 Å². The average Bonchev–Trinajstić information content (AvgIpc) is 2.61. The van der Waals surface area contributed by atoms with E-state index in [2.05, 4.69) is 24.8 Å². The molecule has 0 N–H and O–H groups in total. The van der Waals surface area contributed by atoms with Crippen LogP contribution in [0.2, 0.25) is 0 Å². The zero-order valence-electron chi connectivity index (χ0n) is 15.0. The largest absolute Gasteiger partial charge is 0.433 e. The van der Waals surface area contributed by atoms with E-state index in [0.717, 1.165) is 29.6 Å². The first-order valence-corrected chi connectivity index (χ1v) is 8.50. The summed E-state index contributed by atoms with van der Waals surface area (Å²) in [6.45, 7) is 8.34. The van der Waals surface area contributed by atoms with Crippen LogP contribution in [0.25, 0.3) is 0 Å². The number of nitrogens with zero attached hydrogens (tertiary/aromatic N) is 6. The van der Waals surface area contributed by atoms with Crippen molar-refractivity contribution in [3.8, 4) is 0 Å². The summed E-state index contributed by atoms with van der Waals surface area (Å²) in [4.78, 5) is 20.6. The second kappa shape index (κ2) is 7.05. The molecule has 2 aromatic heterocycles. The zero-order chi connectivity index (χ0) is 18.9. The highest BCUT2D eigenvalue weighted by atomic mass is 19.4. The summed E-state index contributed by atoms with van der Waals surface area (Å²) >= 11 is 0. The Hall–Kier alpha value is -2.45. The molecule has 0 atom stereocenters. The van der Waals surface area contributed by atoms with Crippen molar-refractivity contribution in [3.63, 3.8) is 0 Å². The minimum atomic E-state index is -4.47. The van der Waals surface area contributed by atoms with Gasteiger partial charge in [-0.3, -0.25) is 0 Å². The van der Waals surface area contributed by atoms with Gasteiger partial charge in [0, 0.05) is 50.1 Å². The smallest absolute Gasteiger partial charge is 0.353 e. The van der Waals surface area contributed by atoms with Crippen LogP contribution in [0.15, 0.2) is 18.3 Å². The molecule has 9 heteroatoms. The van der Waals surface area contributed by atoms with E-state index >= 15 is 0 Å². The van der Waals surface area contributed by atoms with Crippen molar-refractivity contribution in [2.24, 2.45) is 0 Å². The van der Waals surface area contributed by atoms with Crippen molar-refractivity contribution >= 4 is 11.8 Å². The minimum absolute atomic E-state index is 0.112. The fourth-order valence-electron chi connectivity index (χ4n) is 2.79. The van der Waals surface area contributed by atoms with Crippen molar-refractivity contribution in [3.05, 3.63) is 35.5 Å². The molecular formula is C17H21F3N6. The Labute approximate surface area is 150 Å². The molecule has 1 fully saturated rings. The van der Waals surface area contributed by atoms with Gasteiger partial charge in [0.2, 0.25) is 5.95 Å². The molecule has 6 nitrogen and oxygen atoms in total. The number of halogens is 3. The van der Waals surface area contributed by atoms with Crippen LogP contribution in [-0.2, 0) is 6.18 Å². The number of alkyl halides is 3. The first kappa shape index (κ1) is 18.3. The van der Waals surface area contributed by atoms with Crippen LogP contribution in [0.3, 0.4) is 0 Å². The molecule has 0 aromatic carbocycles. The van der Waals surface area contributed by atoms with E-state index in [-0.39, 0.29) is 11.9 Å². The van der Waals surface area contributed by atoms with E-state index in [0.29, 0.717) is 26.2 Å². The minimum Gasteiger partial charge on any atom is -0.353 e. The molecule has 2 aromatic rings. The van der Waals surface area contributed by atoms with Crippen LogP contribution < -0.4 is 9.80 Å². The molecule has 0 unspecified atom stereocenters. The molecule has 1 aliphatic heterocycles. The summed E-state index contributed by atoms with van der Waals surface area (Å²) in [6.07, 6.45) is -3.31. The van der Waals surface area contributed by atoms with Crippen molar-refractivity contribution in [1.82, 2.24) is 19.9 Å². The first-order chi connectivity index (χ1) is 12.2. The van der Waals surface area contributed by atoms with Crippen molar-refractivity contribution in [1.29, 1.82) is 0 Å². The molecule has 3 heterocycles. The molecular weight excluding hydrogens is 345 g/mol. The lowest BCUT2D eigenvalue weighted by atomic mass is 10.2. The Balaban J connectivity index is 1.72. The number of aromatic nitrogens is 4. The fraction of sp³-hybridized carbons (Fsp3) is 0.529. The van der Waals surface area contributed by atoms with Gasteiger partial charge in [0.25, 0.3) is 0 Å². The van der Waals surface area contributed by atoms with Crippen LogP contribution >= 0.6 is 0 Å². The fourth-order valence-corrected chi connectivity index (χ4v) is 2.79. The molecule has 0 amide bonds. The van der Waals surface area contributed by atoms with Gasteiger partial charge in [-0.05, 0) is 13.0 Å². The lowest BCUT2D eigenvalue weighted by Crippen LogP contribution is -2.47.